The van der Waals surface area contributed by atoms with E-state index >= 15 is 0 Å². The summed E-state index contributed by atoms with van der Waals surface area (Å²) in [6.07, 6.45) is 3.84. The van der Waals surface area contributed by atoms with Gasteiger partial charge in [0.15, 0.2) is 11.6 Å². The zero-order chi connectivity index (χ0) is 21.0. The highest BCUT2D eigenvalue weighted by Gasteiger charge is 2.40. The Morgan fingerprint density at radius 3 is 2.60 bits per heavy atom. The predicted molar refractivity (Wildman–Crippen MR) is 110 cm³/mol. The number of hydrogen-bond acceptors (Lipinski definition) is 3. The van der Waals surface area contributed by atoms with Crippen molar-refractivity contribution in [3.8, 4) is 11.1 Å². The van der Waals surface area contributed by atoms with Crippen LogP contribution in [0.3, 0.4) is 0 Å². The zero-order valence-electron chi connectivity index (χ0n) is 17.0. The molecule has 2 aromatic carbocycles. The van der Waals surface area contributed by atoms with Crippen LogP contribution in [0, 0.1) is 17.0 Å². The summed E-state index contributed by atoms with van der Waals surface area (Å²) in [6, 6.07) is 11.6. The van der Waals surface area contributed by atoms with Crippen molar-refractivity contribution in [2.24, 2.45) is 5.41 Å². The standard InChI is InChI=1S/C24H27F2NO3/c25-21-8-7-17(14-22(21)26)20-6-2-1-4-18(20)15-24(9-12-29-13-10-24)23(28)27-16-19-5-3-11-30-19/h1-2,4,6-8,14,19H,3,5,9-13,15-16H2,(H,27,28)/t19-/m1/s1. The van der Waals surface area contributed by atoms with Crippen LogP contribution in [0.4, 0.5) is 8.78 Å². The minimum atomic E-state index is -0.877. The lowest BCUT2D eigenvalue weighted by Crippen LogP contribution is -2.48. The van der Waals surface area contributed by atoms with Crippen molar-refractivity contribution >= 4 is 5.91 Å². The number of carbonyl (C=O) groups is 1. The predicted octanol–water partition coefficient (Wildman–Crippen LogP) is 4.27. The van der Waals surface area contributed by atoms with Crippen LogP contribution in [0.15, 0.2) is 42.5 Å². The van der Waals surface area contributed by atoms with Gasteiger partial charge in [-0.2, -0.15) is 0 Å². The molecule has 0 spiro atoms. The molecule has 2 fully saturated rings. The van der Waals surface area contributed by atoms with E-state index in [2.05, 4.69) is 5.32 Å². The van der Waals surface area contributed by atoms with Gasteiger partial charge in [0.05, 0.1) is 11.5 Å². The molecule has 2 aliphatic heterocycles. The first kappa shape index (κ1) is 20.9. The largest absolute Gasteiger partial charge is 0.381 e. The van der Waals surface area contributed by atoms with Crippen LogP contribution in [-0.4, -0.2) is 38.4 Å². The molecule has 160 valence electrons. The highest BCUT2D eigenvalue weighted by Crippen LogP contribution is 2.38. The molecule has 1 amide bonds. The van der Waals surface area contributed by atoms with Gasteiger partial charge < -0.3 is 14.8 Å². The highest BCUT2D eigenvalue weighted by molar-refractivity contribution is 5.83. The van der Waals surface area contributed by atoms with Crippen molar-refractivity contribution in [1.82, 2.24) is 5.32 Å². The van der Waals surface area contributed by atoms with Gasteiger partial charge in [-0.3, -0.25) is 4.79 Å². The smallest absolute Gasteiger partial charge is 0.226 e. The van der Waals surface area contributed by atoms with E-state index < -0.39 is 17.0 Å². The van der Waals surface area contributed by atoms with Crippen molar-refractivity contribution in [3.63, 3.8) is 0 Å². The molecule has 2 saturated heterocycles. The fourth-order valence-corrected chi connectivity index (χ4v) is 4.43. The van der Waals surface area contributed by atoms with Crippen molar-refractivity contribution in [2.45, 2.75) is 38.2 Å². The van der Waals surface area contributed by atoms with E-state index in [1.54, 1.807) is 6.07 Å². The van der Waals surface area contributed by atoms with E-state index in [0.717, 1.165) is 36.6 Å². The second-order valence-electron chi connectivity index (χ2n) is 8.20. The normalized spacial score (nSPS) is 20.8. The number of halogens is 2. The fraction of sp³-hybridized carbons (Fsp3) is 0.458. The summed E-state index contributed by atoms with van der Waals surface area (Å²) < 4.78 is 38.4. The van der Waals surface area contributed by atoms with Crippen molar-refractivity contribution in [2.75, 3.05) is 26.4 Å². The molecule has 4 nitrogen and oxygen atoms in total. The summed E-state index contributed by atoms with van der Waals surface area (Å²) >= 11 is 0. The summed E-state index contributed by atoms with van der Waals surface area (Å²) in [5, 5.41) is 3.10. The average Bonchev–Trinajstić information content (AvgIpc) is 3.29. The molecule has 2 heterocycles. The monoisotopic (exact) mass is 415 g/mol. The second kappa shape index (κ2) is 9.23. The van der Waals surface area contributed by atoms with Crippen LogP contribution in [-0.2, 0) is 20.7 Å². The molecule has 0 radical (unpaired) electrons. The van der Waals surface area contributed by atoms with Gasteiger partial charge in [-0.1, -0.05) is 30.3 Å². The van der Waals surface area contributed by atoms with Gasteiger partial charge in [0, 0.05) is 26.4 Å². The molecule has 0 bridgehead atoms. The highest BCUT2D eigenvalue weighted by atomic mass is 19.2. The van der Waals surface area contributed by atoms with Gasteiger partial charge in [0.1, 0.15) is 0 Å². The Morgan fingerprint density at radius 2 is 1.87 bits per heavy atom. The summed E-state index contributed by atoms with van der Waals surface area (Å²) in [5.41, 5.74) is 1.77. The second-order valence-corrected chi connectivity index (χ2v) is 8.20. The van der Waals surface area contributed by atoms with Gasteiger partial charge in [0.2, 0.25) is 5.91 Å². The SMILES string of the molecule is O=C(NC[C@H]1CCCO1)C1(Cc2ccccc2-c2ccc(F)c(F)c2)CCOCC1. The quantitative estimate of drug-likeness (QED) is 0.767. The molecular weight excluding hydrogens is 388 g/mol. The molecule has 0 aromatic heterocycles. The Morgan fingerprint density at radius 1 is 1.07 bits per heavy atom. The lowest BCUT2D eigenvalue weighted by molar-refractivity contribution is -0.137. The summed E-state index contributed by atoms with van der Waals surface area (Å²) in [4.78, 5) is 13.3. The van der Waals surface area contributed by atoms with Crippen LogP contribution in [0.1, 0.15) is 31.2 Å². The van der Waals surface area contributed by atoms with Crippen LogP contribution >= 0.6 is 0 Å². The topological polar surface area (TPSA) is 47.6 Å². The third kappa shape index (κ3) is 4.55. The molecule has 1 atom stereocenters. The Kier molecular flexibility index (Phi) is 6.44. The molecule has 0 saturated carbocycles. The molecule has 6 heteroatoms. The molecule has 4 rings (SSSR count). The zero-order valence-corrected chi connectivity index (χ0v) is 17.0. The van der Waals surface area contributed by atoms with Crippen molar-refractivity contribution < 1.29 is 23.0 Å². The molecular formula is C24H27F2NO3. The van der Waals surface area contributed by atoms with E-state index in [-0.39, 0.29) is 12.0 Å². The van der Waals surface area contributed by atoms with Crippen LogP contribution in [0.5, 0.6) is 0 Å². The van der Waals surface area contributed by atoms with Crippen LogP contribution in [0.2, 0.25) is 0 Å². The fourth-order valence-electron chi connectivity index (χ4n) is 4.43. The maximum atomic E-state index is 13.8. The maximum Gasteiger partial charge on any atom is 0.226 e. The summed E-state index contributed by atoms with van der Waals surface area (Å²) in [6.45, 7) is 2.33. The van der Waals surface area contributed by atoms with Crippen LogP contribution in [0.25, 0.3) is 11.1 Å². The van der Waals surface area contributed by atoms with Crippen molar-refractivity contribution in [3.05, 3.63) is 59.7 Å². The van der Waals surface area contributed by atoms with Gasteiger partial charge in [0.25, 0.3) is 0 Å². The molecule has 2 aliphatic rings. The number of nitrogens with one attached hydrogen (secondary N) is 1. The third-order valence-corrected chi connectivity index (χ3v) is 6.22. The van der Waals surface area contributed by atoms with E-state index in [0.29, 0.717) is 44.6 Å². The molecule has 0 unspecified atom stereocenters. The molecule has 30 heavy (non-hydrogen) atoms. The molecule has 1 N–H and O–H groups in total. The van der Waals surface area contributed by atoms with Gasteiger partial charge >= 0.3 is 0 Å². The Labute approximate surface area is 175 Å². The minimum absolute atomic E-state index is 0.0152. The van der Waals surface area contributed by atoms with Crippen LogP contribution < -0.4 is 5.32 Å². The molecule has 0 aliphatic carbocycles. The van der Waals surface area contributed by atoms with E-state index in [9.17, 15) is 13.6 Å². The first-order valence-electron chi connectivity index (χ1n) is 10.6. The number of hydrogen-bond donors (Lipinski definition) is 1. The Balaban J connectivity index is 1.59. The Hall–Kier alpha value is -2.31. The number of benzene rings is 2. The number of ether oxygens (including phenoxy) is 2. The lowest BCUT2D eigenvalue weighted by Gasteiger charge is -2.36. The van der Waals surface area contributed by atoms with Gasteiger partial charge in [-0.25, -0.2) is 8.78 Å². The van der Waals surface area contributed by atoms with Gasteiger partial charge in [-0.15, -0.1) is 0 Å². The number of rotatable bonds is 6. The van der Waals surface area contributed by atoms with E-state index in [4.69, 9.17) is 9.47 Å². The lowest BCUT2D eigenvalue weighted by atomic mass is 9.73. The maximum absolute atomic E-state index is 13.8. The first-order valence-corrected chi connectivity index (χ1v) is 10.6. The minimum Gasteiger partial charge on any atom is -0.381 e. The van der Waals surface area contributed by atoms with Gasteiger partial charge in [-0.05, 0) is 60.9 Å². The first-order chi connectivity index (χ1) is 14.6. The van der Waals surface area contributed by atoms with E-state index in [1.807, 2.05) is 24.3 Å². The molecule has 2 aromatic rings. The van der Waals surface area contributed by atoms with E-state index in [1.165, 1.54) is 6.07 Å². The number of carbonyl (C=O) groups excluding carboxylic acids is 1. The summed E-state index contributed by atoms with van der Waals surface area (Å²) in [7, 11) is 0. The average molecular weight is 415 g/mol. The van der Waals surface area contributed by atoms with Crippen molar-refractivity contribution in [1.29, 1.82) is 0 Å². The summed E-state index contributed by atoms with van der Waals surface area (Å²) in [5.74, 6) is -1.73. The number of amides is 1. The third-order valence-electron chi connectivity index (χ3n) is 6.22. The Bertz CT molecular complexity index is 890.